The van der Waals surface area contributed by atoms with E-state index in [9.17, 15) is 0 Å². The molecule has 19 heavy (non-hydrogen) atoms. The molecule has 2 aromatic rings. The smallest absolute Gasteiger partial charge is 0.0608 e. The van der Waals surface area contributed by atoms with Crippen LogP contribution in [0, 0.1) is 6.92 Å². The van der Waals surface area contributed by atoms with Crippen molar-refractivity contribution in [1.29, 1.82) is 0 Å². The highest BCUT2D eigenvalue weighted by molar-refractivity contribution is 9.10. The Morgan fingerprint density at radius 2 is 2.11 bits per heavy atom. The van der Waals surface area contributed by atoms with Crippen LogP contribution in [0.4, 0.5) is 0 Å². The lowest BCUT2D eigenvalue weighted by molar-refractivity contribution is 0.597. The van der Waals surface area contributed by atoms with Gasteiger partial charge in [0.15, 0.2) is 0 Å². The number of halogens is 1. The van der Waals surface area contributed by atoms with Gasteiger partial charge in [0.1, 0.15) is 0 Å². The Bertz CT molecular complexity index is 528. The van der Waals surface area contributed by atoms with E-state index in [0.29, 0.717) is 0 Å². The van der Waals surface area contributed by atoms with Crippen LogP contribution in [0.3, 0.4) is 0 Å². The van der Waals surface area contributed by atoms with Gasteiger partial charge in [-0.1, -0.05) is 28.9 Å². The second-order valence-electron chi connectivity index (χ2n) is 4.90. The molecule has 0 aliphatic rings. The van der Waals surface area contributed by atoms with Crippen LogP contribution in [-0.2, 0) is 7.05 Å². The zero-order valence-corrected chi connectivity index (χ0v) is 13.2. The first-order valence-electron chi connectivity index (χ1n) is 6.59. The highest BCUT2D eigenvalue weighted by Crippen LogP contribution is 2.25. The topological polar surface area (TPSA) is 29.9 Å². The summed E-state index contributed by atoms with van der Waals surface area (Å²) in [5.41, 5.74) is 3.73. The molecular weight excluding hydrogens is 302 g/mol. The molecule has 1 unspecified atom stereocenters. The van der Waals surface area contributed by atoms with Gasteiger partial charge in [-0.3, -0.25) is 4.68 Å². The van der Waals surface area contributed by atoms with Crippen LogP contribution in [0.1, 0.15) is 36.1 Å². The molecule has 4 heteroatoms. The molecule has 0 saturated carbocycles. The standard InChI is InChI=1S/C15H20BrN3/c1-4-5-17-15(13-9-18-19(3)10-13)12-6-11(2)7-14(16)8-12/h6-10,15,17H,4-5H2,1-3H3. The summed E-state index contributed by atoms with van der Waals surface area (Å²) in [4.78, 5) is 0. The number of nitrogens with zero attached hydrogens (tertiary/aromatic N) is 2. The van der Waals surface area contributed by atoms with E-state index in [4.69, 9.17) is 0 Å². The van der Waals surface area contributed by atoms with E-state index in [1.165, 1.54) is 16.7 Å². The van der Waals surface area contributed by atoms with Gasteiger partial charge < -0.3 is 5.32 Å². The summed E-state index contributed by atoms with van der Waals surface area (Å²) in [5, 5.41) is 7.88. The van der Waals surface area contributed by atoms with Gasteiger partial charge in [-0.25, -0.2) is 0 Å². The first-order valence-corrected chi connectivity index (χ1v) is 7.38. The van der Waals surface area contributed by atoms with Crippen molar-refractivity contribution in [3.63, 3.8) is 0 Å². The minimum Gasteiger partial charge on any atom is -0.306 e. The van der Waals surface area contributed by atoms with Crippen LogP contribution in [-0.4, -0.2) is 16.3 Å². The van der Waals surface area contributed by atoms with E-state index in [-0.39, 0.29) is 6.04 Å². The molecule has 0 fully saturated rings. The lowest BCUT2D eigenvalue weighted by atomic mass is 10.00. The Kier molecular flexibility index (Phi) is 4.77. The molecule has 0 bridgehead atoms. The minimum absolute atomic E-state index is 0.199. The number of hydrogen-bond donors (Lipinski definition) is 1. The molecule has 3 nitrogen and oxygen atoms in total. The maximum atomic E-state index is 4.28. The number of hydrogen-bond acceptors (Lipinski definition) is 2. The minimum atomic E-state index is 0.199. The van der Waals surface area contributed by atoms with Crippen LogP contribution >= 0.6 is 15.9 Å². The number of aryl methyl sites for hydroxylation is 2. The van der Waals surface area contributed by atoms with Crippen molar-refractivity contribution in [2.45, 2.75) is 26.3 Å². The summed E-state index contributed by atoms with van der Waals surface area (Å²) in [6, 6.07) is 6.73. The number of aromatic nitrogens is 2. The normalized spacial score (nSPS) is 12.6. The molecule has 0 radical (unpaired) electrons. The predicted octanol–water partition coefficient (Wildman–Crippen LogP) is 3.58. The third-order valence-electron chi connectivity index (χ3n) is 3.05. The fourth-order valence-electron chi connectivity index (χ4n) is 2.24. The summed E-state index contributed by atoms with van der Waals surface area (Å²) in [5.74, 6) is 0. The Morgan fingerprint density at radius 3 is 2.68 bits per heavy atom. The van der Waals surface area contributed by atoms with Gasteiger partial charge in [0.25, 0.3) is 0 Å². The van der Waals surface area contributed by atoms with Crippen molar-refractivity contribution >= 4 is 15.9 Å². The Balaban J connectivity index is 2.36. The monoisotopic (exact) mass is 321 g/mol. The third kappa shape index (κ3) is 3.67. The largest absolute Gasteiger partial charge is 0.306 e. The molecular formula is C15H20BrN3. The van der Waals surface area contributed by atoms with E-state index in [2.05, 4.69) is 64.6 Å². The average molecular weight is 322 g/mol. The van der Waals surface area contributed by atoms with E-state index >= 15 is 0 Å². The first kappa shape index (κ1) is 14.3. The van der Waals surface area contributed by atoms with Crippen LogP contribution in [0.5, 0.6) is 0 Å². The SMILES string of the molecule is CCCNC(c1cc(C)cc(Br)c1)c1cnn(C)c1. The molecule has 1 aromatic heterocycles. The second kappa shape index (κ2) is 6.35. The zero-order chi connectivity index (χ0) is 13.8. The van der Waals surface area contributed by atoms with Crippen molar-refractivity contribution in [1.82, 2.24) is 15.1 Å². The zero-order valence-electron chi connectivity index (χ0n) is 11.7. The van der Waals surface area contributed by atoms with Gasteiger partial charge in [-0.05, 0) is 43.1 Å². The van der Waals surface area contributed by atoms with Gasteiger partial charge in [-0.2, -0.15) is 5.10 Å². The summed E-state index contributed by atoms with van der Waals surface area (Å²) in [7, 11) is 1.95. The highest BCUT2D eigenvalue weighted by atomic mass is 79.9. The van der Waals surface area contributed by atoms with Gasteiger partial charge >= 0.3 is 0 Å². The predicted molar refractivity (Wildman–Crippen MR) is 82.2 cm³/mol. The van der Waals surface area contributed by atoms with Crippen LogP contribution < -0.4 is 5.32 Å². The average Bonchev–Trinajstić information content (AvgIpc) is 2.75. The number of rotatable bonds is 5. The molecule has 0 aliphatic carbocycles. The molecule has 102 valence electrons. The van der Waals surface area contributed by atoms with Gasteiger partial charge in [0, 0.05) is 23.3 Å². The molecule has 1 N–H and O–H groups in total. The van der Waals surface area contributed by atoms with Crippen molar-refractivity contribution in [3.8, 4) is 0 Å². The van der Waals surface area contributed by atoms with E-state index in [1.54, 1.807) is 0 Å². The summed E-state index contributed by atoms with van der Waals surface area (Å²) < 4.78 is 2.97. The lowest BCUT2D eigenvalue weighted by Crippen LogP contribution is -2.23. The van der Waals surface area contributed by atoms with E-state index in [0.717, 1.165) is 17.4 Å². The molecule has 0 spiro atoms. The molecule has 0 amide bonds. The second-order valence-corrected chi connectivity index (χ2v) is 5.81. The fraction of sp³-hybridized carbons (Fsp3) is 0.400. The molecule has 1 atom stereocenters. The molecule has 1 heterocycles. The molecule has 0 saturated heterocycles. The third-order valence-corrected chi connectivity index (χ3v) is 3.51. The van der Waals surface area contributed by atoms with Crippen molar-refractivity contribution < 1.29 is 0 Å². The van der Waals surface area contributed by atoms with Gasteiger partial charge in [0.05, 0.1) is 12.2 Å². The Morgan fingerprint density at radius 1 is 1.32 bits per heavy atom. The van der Waals surface area contributed by atoms with Crippen molar-refractivity contribution in [3.05, 3.63) is 51.8 Å². The Hall–Kier alpha value is -1.13. The lowest BCUT2D eigenvalue weighted by Gasteiger charge is -2.18. The molecule has 1 aromatic carbocycles. The van der Waals surface area contributed by atoms with Crippen molar-refractivity contribution in [2.75, 3.05) is 6.54 Å². The summed E-state index contributed by atoms with van der Waals surface area (Å²) >= 11 is 3.58. The van der Waals surface area contributed by atoms with Gasteiger partial charge in [-0.15, -0.1) is 0 Å². The summed E-state index contributed by atoms with van der Waals surface area (Å²) in [6.07, 6.45) is 5.12. The first-order chi connectivity index (χ1) is 9.10. The van der Waals surface area contributed by atoms with Crippen LogP contribution in [0.2, 0.25) is 0 Å². The number of benzene rings is 1. The highest BCUT2D eigenvalue weighted by Gasteiger charge is 2.15. The maximum Gasteiger partial charge on any atom is 0.0608 e. The fourth-order valence-corrected chi connectivity index (χ4v) is 2.86. The molecule has 0 aliphatic heterocycles. The Labute approximate surface area is 123 Å². The number of nitrogens with one attached hydrogen (secondary N) is 1. The van der Waals surface area contributed by atoms with E-state index in [1.807, 2.05) is 17.9 Å². The quantitative estimate of drug-likeness (QED) is 0.912. The van der Waals surface area contributed by atoms with Gasteiger partial charge in [0.2, 0.25) is 0 Å². The van der Waals surface area contributed by atoms with Crippen LogP contribution in [0.25, 0.3) is 0 Å². The van der Waals surface area contributed by atoms with E-state index < -0.39 is 0 Å². The molecule has 2 rings (SSSR count). The summed E-state index contributed by atoms with van der Waals surface area (Å²) in [6.45, 7) is 5.29. The van der Waals surface area contributed by atoms with Crippen molar-refractivity contribution in [2.24, 2.45) is 7.05 Å². The maximum absolute atomic E-state index is 4.28. The van der Waals surface area contributed by atoms with Crippen LogP contribution in [0.15, 0.2) is 35.1 Å².